The number of amides is 1. The number of anilines is 1. The van der Waals surface area contributed by atoms with Crippen LogP contribution in [0.25, 0.3) is 0 Å². The van der Waals surface area contributed by atoms with Crippen molar-refractivity contribution in [2.45, 2.75) is 0 Å². The van der Waals surface area contributed by atoms with Crippen LogP contribution in [0.3, 0.4) is 0 Å². The first kappa shape index (κ1) is 17.7. The summed E-state index contributed by atoms with van der Waals surface area (Å²) in [5.41, 5.74) is -0.206. The SMILES string of the molecule is COc1ccc([N+](=O)[O-])cc1OCC(=O)Nc1ccc(Br)cc1F. The topological polar surface area (TPSA) is 90.7 Å². The van der Waals surface area contributed by atoms with Crippen LogP contribution in [0.1, 0.15) is 0 Å². The Hall–Kier alpha value is -2.68. The molecule has 9 heteroatoms. The lowest BCUT2D eigenvalue weighted by atomic mass is 10.3. The van der Waals surface area contributed by atoms with E-state index >= 15 is 0 Å². The van der Waals surface area contributed by atoms with E-state index in [9.17, 15) is 19.3 Å². The van der Waals surface area contributed by atoms with Gasteiger partial charge in [0.05, 0.1) is 23.8 Å². The molecule has 0 unspecified atom stereocenters. The molecular formula is C15H12BrFN2O5. The van der Waals surface area contributed by atoms with Crippen molar-refractivity contribution in [3.8, 4) is 11.5 Å². The highest BCUT2D eigenvalue weighted by Crippen LogP contribution is 2.31. The summed E-state index contributed by atoms with van der Waals surface area (Å²) in [5.74, 6) is -0.947. The first-order chi connectivity index (χ1) is 11.4. The standard InChI is InChI=1S/C15H12BrFN2O5/c1-23-13-5-3-10(19(21)22)7-14(13)24-8-15(20)18-12-4-2-9(16)6-11(12)17/h2-7H,8H2,1H3,(H,18,20). The van der Waals surface area contributed by atoms with E-state index in [1.54, 1.807) is 6.07 Å². The second kappa shape index (κ2) is 7.73. The van der Waals surface area contributed by atoms with Crippen LogP contribution in [-0.2, 0) is 4.79 Å². The predicted octanol–water partition coefficient (Wildman–Crippen LogP) is 3.52. The Labute approximate surface area is 144 Å². The van der Waals surface area contributed by atoms with E-state index in [1.165, 1.54) is 31.4 Å². The molecule has 0 atom stereocenters. The van der Waals surface area contributed by atoms with Crippen molar-refractivity contribution in [2.24, 2.45) is 0 Å². The van der Waals surface area contributed by atoms with Gasteiger partial charge in [-0.2, -0.15) is 0 Å². The number of hydrogen-bond donors (Lipinski definition) is 1. The van der Waals surface area contributed by atoms with E-state index in [-0.39, 0.29) is 22.9 Å². The third-order valence-corrected chi connectivity index (χ3v) is 3.42. The van der Waals surface area contributed by atoms with Crippen LogP contribution in [0.4, 0.5) is 15.8 Å². The highest BCUT2D eigenvalue weighted by molar-refractivity contribution is 9.10. The van der Waals surface area contributed by atoms with Crippen molar-refractivity contribution >= 4 is 33.2 Å². The van der Waals surface area contributed by atoms with Gasteiger partial charge in [0, 0.05) is 10.5 Å². The molecule has 0 bridgehead atoms. The van der Waals surface area contributed by atoms with E-state index < -0.39 is 23.3 Å². The zero-order chi connectivity index (χ0) is 17.7. The van der Waals surface area contributed by atoms with Gasteiger partial charge in [0.1, 0.15) is 5.82 Å². The van der Waals surface area contributed by atoms with Gasteiger partial charge in [-0.15, -0.1) is 0 Å². The lowest BCUT2D eigenvalue weighted by Crippen LogP contribution is -2.21. The molecule has 0 spiro atoms. The molecule has 0 aliphatic carbocycles. The monoisotopic (exact) mass is 398 g/mol. The number of hydrogen-bond acceptors (Lipinski definition) is 5. The molecular weight excluding hydrogens is 387 g/mol. The van der Waals surface area contributed by atoms with E-state index in [0.717, 1.165) is 6.07 Å². The fourth-order valence-corrected chi connectivity index (χ4v) is 2.15. The minimum absolute atomic E-state index is 0.00203. The Balaban J connectivity index is 2.05. The van der Waals surface area contributed by atoms with Gasteiger partial charge in [-0.05, 0) is 24.3 Å². The summed E-state index contributed by atoms with van der Waals surface area (Å²) in [7, 11) is 1.37. The lowest BCUT2D eigenvalue weighted by molar-refractivity contribution is -0.385. The zero-order valence-electron chi connectivity index (χ0n) is 12.4. The number of carbonyl (C=O) groups excluding carboxylic acids is 1. The third-order valence-electron chi connectivity index (χ3n) is 2.92. The number of benzene rings is 2. The molecule has 0 saturated carbocycles. The van der Waals surface area contributed by atoms with Crippen molar-refractivity contribution in [3.05, 3.63) is 56.8 Å². The summed E-state index contributed by atoms with van der Waals surface area (Å²) in [6, 6.07) is 7.93. The molecule has 2 aromatic carbocycles. The quantitative estimate of drug-likeness (QED) is 0.593. The second-order valence-corrected chi connectivity index (χ2v) is 5.47. The largest absolute Gasteiger partial charge is 0.493 e. The van der Waals surface area contributed by atoms with Crippen LogP contribution in [0.15, 0.2) is 40.9 Å². The maximum atomic E-state index is 13.7. The highest BCUT2D eigenvalue weighted by Gasteiger charge is 2.14. The van der Waals surface area contributed by atoms with Gasteiger partial charge in [-0.3, -0.25) is 14.9 Å². The molecule has 0 heterocycles. The van der Waals surface area contributed by atoms with Gasteiger partial charge in [-0.1, -0.05) is 15.9 Å². The Morgan fingerprint density at radius 2 is 2.04 bits per heavy atom. The first-order valence-electron chi connectivity index (χ1n) is 6.61. The van der Waals surface area contributed by atoms with E-state index in [4.69, 9.17) is 9.47 Å². The second-order valence-electron chi connectivity index (χ2n) is 4.55. The van der Waals surface area contributed by atoms with Gasteiger partial charge >= 0.3 is 0 Å². The molecule has 1 N–H and O–H groups in total. The van der Waals surface area contributed by atoms with Crippen LogP contribution in [0.2, 0.25) is 0 Å². The highest BCUT2D eigenvalue weighted by atomic mass is 79.9. The number of nitrogens with zero attached hydrogens (tertiary/aromatic N) is 1. The number of nitro benzene ring substituents is 1. The normalized spacial score (nSPS) is 10.1. The van der Waals surface area contributed by atoms with Crippen LogP contribution in [0.5, 0.6) is 11.5 Å². The van der Waals surface area contributed by atoms with Crippen molar-refractivity contribution < 1.29 is 23.6 Å². The van der Waals surface area contributed by atoms with Crippen LogP contribution in [0, 0.1) is 15.9 Å². The van der Waals surface area contributed by atoms with Gasteiger partial charge in [0.2, 0.25) is 0 Å². The Morgan fingerprint density at radius 1 is 1.29 bits per heavy atom. The summed E-state index contributed by atoms with van der Waals surface area (Å²) in [5, 5.41) is 13.1. The van der Waals surface area contributed by atoms with E-state index in [1.807, 2.05) is 0 Å². The number of non-ortho nitro benzene ring substituents is 1. The summed E-state index contributed by atoms with van der Waals surface area (Å²) < 4.78 is 24.5. The molecule has 0 radical (unpaired) electrons. The molecule has 0 aromatic heterocycles. The molecule has 24 heavy (non-hydrogen) atoms. The lowest BCUT2D eigenvalue weighted by Gasteiger charge is -2.11. The Kier molecular flexibility index (Phi) is 5.69. The van der Waals surface area contributed by atoms with Crippen molar-refractivity contribution in [1.29, 1.82) is 0 Å². The van der Waals surface area contributed by atoms with Crippen molar-refractivity contribution in [2.75, 3.05) is 19.0 Å². The molecule has 7 nitrogen and oxygen atoms in total. The van der Waals surface area contributed by atoms with Gasteiger partial charge in [0.25, 0.3) is 11.6 Å². The number of rotatable bonds is 6. The molecule has 0 saturated heterocycles. The van der Waals surface area contributed by atoms with Crippen LogP contribution in [-0.4, -0.2) is 24.5 Å². The third kappa shape index (κ3) is 4.42. The summed E-state index contributed by atoms with van der Waals surface area (Å²) in [6.07, 6.45) is 0. The summed E-state index contributed by atoms with van der Waals surface area (Å²) in [6.45, 7) is -0.465. The molecule has 0 aliphatic heterocycles. The number of nitrogens with one attached hydrogen (secondary N) is 1. The average molecular weight is 399 g/mol. The minimum Gasteiger partial charge on any atom is -0.493 e. The molecule has 0 fully saturated rings. The van der Waals surface area contributed by atoms with Crippen LogP contribution >= 0.6 is 15.9 Å². The van der Waals surface area contributed by atoms with Crippen LogP contribution < -0.4 is 14.8 Å². The zero-order valence-corrected chi connectivity index (χ0v) is 14.0. The molecule has 0 aliphatic rings. The molecule has 2 rings (SSSR count). The van der Waals surface area contributed by atoms with Crippen molar-refractivity contribution in [1.82, 2.24) is 0 Å². The first-order valence-corrected chi connectivity index (χ1v) is 7.40. The van der Waals surface area contributed by atoms with Crippen molar-refractivity contribution in [3.63, 3.8) is 0 Å². The Morgan fingerprint density at radius 3 is 2.67 bits per heavy atom. The Bertz CT molecular complexity index is 784. The summed E-state index contributed by atoms with van der Waals surface area (Å²) in [4.78, 5) is 22.0. The van der Waals surface area contributed by atoms with E-state index in [0.29, 0.717) is 4.47 Å². The predicted molar refractivity (Wildman–Crippen MR) is 87.9 cm³/mol. The van der Waals surface area contributed by atoms with Gasteiger partial charge in [-0.25, -0.2) is 4.39 Å². The maximum Gasteiger partial charge on any atom is 0.273 e. The number of carbonyl (C=O) groups is 1. The number of nitro groups is 1. The van der Waals surface area contributed by atoms with Gasteiger partial charge in [0.15, 0.2) is 18.1 Å². The van der Waals surface area contributed by atoms with E-state index in [2.05, 4.69) is 21.2 Å². The number of ether oxygens (including phenoxy) is 2. The maximum absolute atomic E-state index is 13.7. The average Bonchev–Trinajstić information content (AvgIpc) is 2.55. The molecule has 126 valence electrons. The molecule has 2 aromatic rings. The summed E-state index contributed by atoms with van der Waals surface area (Å²) >= 11 is 3.11. The fourth-order valence-electron chi connectivity index (χ4n) is 1.81. The van der Waals surface area contributed by atoms with Gasteiger partial charge < -0.3 is 14.8 Å². The number of methoxy groups -OCH3 is 1. The number of halogens is 2. The molecule has 1 amide bonds. The minimum atomic E-state index is -0.621. The smallest absolute Gasteiger partial charge is 0.273 e. The fraction of sp³-hybridized carbons (Fsp3) is 0.133.